The minimum absolute atomic E-state index is 0.785. The summed E-state index contributed by atoms with van der Waals surface area (Å²) in [6.45, 7) is 2.00. The Labute approximate surface area is 89.9 Å². The van der Waals surface area contributed by atoms with E-state index >= 15 is 0 Å². The van der Waals surface area contributed by atoms with Gasteiger partial charge in [0.1, 0.15) is 0 Å². The molecule has 0 spiro atoms. The number of halogens is 2. The van der Waals surface area contributed by atoms with Crippen LogP contribution in [0.15, 0.2) is 28.9 Å². The van der Waals surface area contributed by atoms with E-state index in [2.05, 4.69) is 20.9 Å². The van der Waals surface area contributed by atoms with Crippen molar-refractivity contribution < 1.29 is 0 Å². The summed E-state index contributed by atoms with van der Waals surface area (Å²) >= 11 is 9.38. The molecular formula is C10H7BrClN. The zero-order valence-corrected chi connectivity index (χ0v) is 9.35. The third kappa shape index (κ3) is 1.56. The number of pyridine rings is 1. The summed E-state index contributed by atoms with van der Waals surface area (Å²) in [7, 11) is 0. The van der Waals surface area contributed by atoms with Crippen LogP contribution in [0.3, 0.4) is 0 Å². The second-order valence-electron chi connectivity index (χ2n) is 2.89. The highest BCUT2D eigenvalue weighted by Gasteiger charge is 2.02. The molecule has 1 aromatic carbocycles. The summed E-state index contributed by atoms with van der Waals surface area (Å²) in [6, 6.07) is 5.83. The highest BCUT2D eigenvalue weighted by Crippen LogP contribution is 2.25. The van der Waals surface area contributed by atoms with Gasteiger partial charge in [0.05, 0.1) is 5.52 Å². The molecule has 0 unspecified atom stereocenters. The first-order valence-electron chi connectivity index (χ1n) is 3.89. The number of fused-ring (bicyclic) bond motifs is 1. The van der Waals surface area contributed by atoms with Crippen molar-refractivity contribution in [3.63, 3.8) is 0 Å². The van der Waals surface area contributed by atoms with Crippen molar-refractivity contribution in [1.82, 2.24) is 4.98 Å². The first-order valence-corrected chi connectivity index (χ1v) is 5.06. The lowest BCUT2D eigenvalue weighted by Crippen LogP contribution is -1.83. The lowest BCUT2D eigenvalue weighted by Gasteiger charge is -2.03. The van der Waals surface area contributed by atoms with E-state index < -0.39 is 0 Å². The van der Waals surface area contributed by atoms with Crippen molar-refractivity contribution in [3.8, 4) is 0 Å². The van der Waals surface area contributed by atoms with Gasteiger partial charge < -0.3 is 0 Å². The van der Waals surface area contributed by atoms with Crippen LogP contribution in [0.4, 0.5) is 0 Å². The van der Waals surface area contributed by atoms with Gasteiger partial charge in [-0.15, -0.1) is 0 Å². The van der Waals surface area contributed by atoms with Gasteiger partial charge in [0.25, 0.3) is 0 Å². The average molecular weight is 257 g/mol. The molecule has 66 valence electrons. The van der Waals surface area contributed by atoms with Crippen LogP contribution in [0, 0.1) is 6.92 Å². The van der Waals surface area contributed by atoms with E-state index in [0.29, 0.717) is 0 Å². The highest BCUT2D eigenvalue weighted by atomic mass is 79.9. The zero-order valence-electron chi connectivity index (χ0n) is 7.01. The first-order chi connectivity index (χ1) is 6.18. The number of hydrogen-bond acceptors (Lipinski definition) is 1. The summed E-state index contributed by atoms with van der Waals surface area (Å²) in [4.78, 5) is 4.28. The van der Waals surface area contributed by atoms with Crippen LogP contribution in [-0.4, -0.2) is 4.98 Å². The average Bonchev–Trinajstić information content (AvgIpc) is 2.12. The zero-order chi connectivity index (χ0) is 9.42. The summed E-state index contributed by atoms with van der Waals surface area (Å²) in [5.41, 5.74) is 2.05. The van der Waals surface area contributed by atoms with Gasteiger partial charge in [0.15, 0.2) is 0 Å². The molecule has 0 saturated heterocycles. The quantitative estimate of drug-likeness (QED) is 0.695. The second kappa shape index (κ2) is 3.28. The van der Waals surface area contributed by atoms with Gasteiger partial charge in [-0.3, -0.25) is 4.98 Å². The summed E-state index contributed by atoms with van der Waals surface area (Å²) in [5.74, 6) is 0. The lowest BCUT2D eigenvalue weighted by molar-refractivity contribution is 1.37. The summed E-state index contributed by atoms with van der Waals surface area (Å²) in [6.07, 6.45) is 1.79. The molecule has 0 N–H and O–H groups in total. The van der Waals surface area contributed by atoms with Crippen molar-refractivity contribution >= 4 is 38.4 Å². The van der Waals surface area contributed by atoms with E-state index in [9.17, 15) is 0 Å². The topological polar surface area (TPSA) is 12.9 Å². The van der Waals surface area contributed by atoms with E-state index in [0.717, 1.165) is 26.0 Å². The van der Waals surface area contributed by atoms with Gasteiger partial charge in [-0.05, 0) is 46.6 Å². The molecular weight excluding hydrogens is 249 g/mol. The second-order valence-corrected chi connectivity index (χ2v) is 4.22. The number of hydrogen-bond donors (Lipinski definition) is 0. The van der Waals surface area contributed by atoms with Crippen LogP contribution in [0.25, 0.3) is 10.9 Å². The Balaban J connectivity index is 2.89. The predicted molar refractivity (Wildman–Crippen MR) is 59.2 cm³/mol. The Morgan fingerprint density at radius 3 is 2.92 bits per heavy atom. The Hall–Kier alpha value is -0.600. The van der Waals surface area contributed by atoms with E-state index in [1.807, 2.05) is 25.1 Å². The third-order valence-electron chi connectivity index (χ3n) is 2.03. The smallest absolute Gasteiger partial charge is 0.0706 e. The summed E-state index contributed by atoms with van der Waals surface area (Å²) in [5, 5.41) is 1.88. The molecule has 0 aliphatic heterocycles. The maximum Gasteiger partial charge on any atom is 0.0706 e. The largest absolute Gasteiger partial charge is 0.255 e. The normalized spacial score (nSPS) is 10.7. The molecule has 0 amide bonds. The maximum absolute atomic E-state index is 6.00. The van der Waals surface area contributed by atoms with Crippen LogP contribution in [0.5, 0.6) is 0 Å². The monoisotopic (exact) mass is 255 g/mol. The van der Waals surface area contributed by atoms with Gasteiger partial charge in [0.2, 0.25) is 0 Å². The van der Waals surface area contributed by atoms with Gasteiger partial charge >= 0.3 is 0 Å². The lowest BCUT2D eigenvalue weighted by atomic mass is 10.1. The maximum atomic E-state index is 6.00. The van der Waals surface area contributed by atoms with Crippen LogP contribution in [0.2, 0.25) is 5.02 Å². The molecule has 0 aliphatic carbocycles. The molecule has 1 heterocycles. The molecule has 0 atom stereocenters. The molecule has 0 aliphatic rings. The summed E-state index contributed by atoms with van der Waals surface area (Å²) < 4.78 is 0.977. The molecule has 2 rings (SSSR count). The van der Waals surface area contributed by atoms with Crippen LogP contribution in [-0.2, 0) is 0 Å². The fourth-order valence-corrected chi connectivity index (χ4v) is 1.78. The van der Waals surface area contributed by atoms with Gasteiger partial charge in [-0.25, -0.2) is 0 Å². The van der Waals surface area contributed by atoms with Crippen molar-refractivity contribution in [2.75, 3.05) is 0 Å². The van der Waals surface area contributed by atoms with Gasteiger partial charge in [-0.2, -0.15) is 0 Å². The molecule has 0 radical (unpaired) electrons. The Bertz CT molecular complexity index is 462. The third-order valence-corrected chi connectivity index (χ3v) is 2.88. The van der Waals surface area contributed by atoms with E-state index in [1.165, 1.54) is 0 Å². The minimum Gasteiger partial charge on any atom is -0.255 e. The van der Waals surface area contributed by atoms with Crippen molar-refractivity contribution in [1.29, 1.82) is 0 Å². The molecule has 1 aromatic heterocycles. The number of nitrogens with zero attached hydrogens (tertiary/aromatic N) is 1. The van der Waals surface area contributed by atoms with Crippen LogP contribution >= 0.6 is 27.5 Å². The molecule has 0 bridgehead atoms. The number of aryl methyl sites for hydroxylation is 1. The predicted octanol–water partition coefficient (Wildman–Crippen LogP) is 3.96. The fraction of sp³-hybridized carbons (Fsp3) is 0.100. The van der Waals surface area contributed by atoms with E-state index in [1.54, 1.807) is 6.20 Å². The number of benzene rings is 1. The van der Waals surface area contributed by atoms with Crippen molar-refractivity contribution in [2.45, 2.75) is 6.92 Å². The molecule has 1 nitrogen and oxygen atoms in total. The Morgan fingerprint density at radius 1 is 1.38 bits per heavy atom. The first kappa shape index (κ1) is 8.97. The fourth-order valence-electron chi connectivity index (χ4n) is 1.29. The van der Waals surface area contributed by atoms with E-state index in [-0.39, 0.29) is 0 Å². The van der Waals surface area contributed by atoms with Crippen molar-refractivity contribution in [2.24, 2.45) is 0 Å². The molecule has 2 aromatic rings. The highest BCUT2D eigenvalue weighted by molar-refractivity contribution is 9.10. The van der Waals surface area contributed by atoms with E-state index in [4.69, 9.17) is 11.6 Å². The Morgan fingerprint density at radius 2 is 2.15 bits per heavy atom. The molecule has 0 saturated carbocycles. The number of rotatable bonds is 0. The molecule has 0 fully saturated rings. The molecule has 13 heavy (non-hydrogen) atoms. The van der Waals surface area contributed by atoms with Gasteiger partial charge in [0, 0.05) is 21.1 Å². The Kier molecular flexibility index (Phi) is 2.26. The molecule has 3 heteroatoms. The number of aromatic nitrogens is 1. The minimum atomic E-state index is 0.785. The SMILES string of the molecule is Cc1c(Cl)ccc2ncc(Br)cc12. The van der Waals surface area contributed by atoms with Crippen molar-refractivity contribution in [3.05, 3.63) is 39.5 Å². The van der Waals surface area contributed by atoms with Crippen LogP contribution in [0.1, 0.15) is 5.56 Å². The standard InChI is InChI=1S/C10H7BrClN/c1-6-8-4-7(11)5-13-10(8)3-2-9(6)12/h2-5H,1H3. The van der Waals surface area contributed by atoms with Gasteiger partial charge in [-0.1, -0.05) is 11.6 Å². The van der Waals surface area contributed by atoms with Crippen LogP contribution < -0.4 is 0 Å².